The van der Waals surface area contributed by atoms with Gasteiger partial charge in [0.15, 0.2) is 0 Å². The maximum Gasteiger partial charge on any atom is 0.412 e. The van der Waals surface area contributed by atoms with Gasteiger partial charge in [0.25, 0.3) is 0 Å². The van der Waals surface area contributed by atoms with Crippen LogP contribution in [0.2, 0.25) is 0 Å². The summed E-state index contributed by atoms with van der Waals surface area (Å²) in [5.74, 6) is -0.479. The second-order valence-electron chi connectivity index (χ2n) is 3.96. The summed E-state index contributed by atoms with van der Waals surface area (Å²) in [6.45, 7) is 2.19. The molecule has 2 N–H and O–H groups in total. The van der Waals surface area contributed by atoms with Crippen molar-refractivity contribution in [1.29, 1.82) is 0 Å². The number of aliphatic carboxylic acids is 1. The van der Waals surface area contributed by atoms with Gasteiger partial charge in [-0.05, 0) is 18.1 Å². The summed E-state index contributed by atoms with van der Waals surface area (Å²) in [7, 11) is 0. The minimum absolute atomic E-state index is 0.0438. The minimum Gasteiger partial charge on any atom is -0.481 e. The summed E-state index contributed by atoms with van der Waals surface area (Å²) in [5, 5.41) is 11.2. The van der Waals surface area contributed by atoms with Crippen molar-refractivity contribution in [2.24, 2.45) is 5.92 Å². The van der Waals surface area contributed by atoms with Gasteiger partial charge in [-0.3, -0.25) is 4.79 Å². The fourth-order valence-corrected chi connectivity index (χ4v) is 1.47. The van der Waals surface area contributed by atoms with E-state index in [0.29, 0.717) is 18.7 Å². The number of carbonyl (C=O) groups excluding carboxylic acids is 1. The van der Waals surface area contributed by atoms with E-state index >= 15 is 0 Å². The van der Waals surface area contributed by atoms with Crippen LogP contribution in [0.4, 0.5) is 4.79 Å². The van der Waals surface area contributed by atoms with Crippen LogP contribution in [0.1, 0.15) is 19.8 Å². The van der Waals surface area contributed by atoms with Gasteiger partial charge < -0.3 is 15.2 Å². The Hall–Kier alpha value is -2.04. The van der Waals surface area contributed by atoms with Crippen molar-refractivity contribution in [2.75, 3.05) is 6.54 Å². The molecule has 1 amide bonds. The van der Waals surface area contributed by atoms with E-state index in [-0.39, 0.29) is 12.3 Å². The molecule has 5 heteroatoms. The standard InChI is InChI=1S/C13H17NO4/c1-2-10(8-12(15)16)9-14-13(17)18-11-6-4-3-5-7-11/h3-7,10H,2,8-9H2,1H3,(H,14,17)(H,15,16). The lowest BCUT2D eigenvalue weighted by atomic mass is 10.0. The molecule has 1 rings (SSSR count). The average molecular weight is 251 g/mol. The lowest BCUT2D eigenvalue weighted by Crippen LogP contribution is -2.32. The number of ether oxygens (including phenoxy) is 1. The number of para-hydroxylation sites is 1. The number of hydrogen-bond acceptors (Lipinski definition) is 3. The molecule has 98 valence electrons. The van der Waals surface area contributed by atoms with Gasteiger partial charge in [-0.2, -0.15) is 0 Å². The maximum absolute atomic E-state index is 11.4. The smallest absolute Gasteiger partial charge is 0.412 e. The second-order valence-corrected chi connectivity index (χ2v) is 3.96. The van der Waals surface area contributed by atoms with Crippen LogP contribution in [0.25, 0.3) is 0 Å². The third-order valence-corrected chi connectivity index (χ3v) is 2.53. The quantitative estimate of drug-likeness (QED) is 0.813. The maximum atomic E-state index is 11.4. The molecule has 0 saturated carbocycles. The molecule has 0 aliphatic carbocycles. The number of carboxylic acid groups (broad SMARTS) is 1. The van der Waals surface area contributed by atoms with Crippen molar-refractivity contribution < 1.29 is 19.4 Å². The summed E-state index contributed by atoms with van der Waals surface area (Å²) in [5.41, 5.74) is 0. The molecule has 1 aromatic carbocycles. The first kappa shape index (κ1) is 14.0. The lowest BCUT2D eigenvalue weighted by Gasteiger charge is -2.13. The number of amides is 1. The zero-order chi connectivity index (χ0) is 13.4. The number of nitrogens with one attached hydrogen (secondary N) is 1. The van der Waals surface area contributed by atoms with Gasteiger partial charge in [-0.15, -0.1) is 0 Å². The highest BCUT2D eigenvalue weighted by Crippen LogP contribution is 2.09. The normalized spacial score (nSPS) is 11.6. The Labute approximate surface area is 106 Å². The third-order valence-electron chi connectivity index (χ3n) is 2.53. The highest BCUT2D eigenvalue weighted by atomic mass is 16.6. The van der Waals surface area contributed by atoms with Gasteiger partial charge in [0.1, 0.15) is 5.75 Å². The topological polar surface area (TPSA) is 75.6 Å². The van der Waals surface area contributed by atoms with Gasteiger partial charge in [0.2, 0.25) is 0 Å². The zero-order valence-electron chi connectivity index (χ0n) is 10.3. The van der Waals surface area contributed by atoms with Gasteiger partial charge in [0.05, 0.1) is 0 Å². The first-order chi connectivity index (χ1) is 8.61. The van der Waals surface area contributed by atoms with Crippen LogP contribution in [0, 0.1) is 5.92 Å². The number of carbonyl (C=O) groups is 2. The molecule has 0 radical (unpaired) electrons. The van der Waals surface area contributed by atoms with Crippen LogP contribution in [0.15, 0.2) is 30.3 Å². The molecule has 0 bridgehead atoms. The second kappa shape index (κ2) is 7.32. The molecule has 1 unspecified atom stereocenters. The molecule has 1 atom stereocenters. The Morgan fingerprint density at radius 2 is 2.00 bits per heavy atom. The molecular weight excluding hydrogens is 234 g/mol. The van der Waals surface area contributed by atoms with E-state index < -0.39 is 12.1 Å². The number of rotatable bonds is 6. The molecule has 0 aromatic heterocycles. The Morgan fingerprint density at radius 1 is 1.33 bits per heavy atom. The Bertz CT molecular complexity index is 391. The minimum atomic E-state index is -0.861. The Kier molecular flexibility index (Phi) is 5.70. The summed E-state index contributed by atoms with van der Waals surface area (Å²) >= 11 is 0. The van der Waals surface area contributed by atoms with Crippen molar-refractivity contribution in [3.63, 3.8) is 0 Å². The summed E-state index contributed by atoms with van der Waals surface area (Å²) in [4.78, 5) is 22.0. The van der Waals surface area contributed by atoms with Crippen LogP contribution < -0.4 is 10.1 Å². The van der Waals surface area contributed by atoms with Gasteiger partial charge >= 0.3 is 12.1 Å². The van der Waals surface area contributed by atoms with Crippen molar-refractivity contribution in [3.05, 3.63) is 30.3 Å². The van der Waals surface area contributed by atoms with E-state index in [1.807, 2.05) is 13.0 Å². The number of carboxylic acids is 1. The highest BCUT2D eigenvalue weighted by Gasteiger charge is 2.13. The predicted octanol–water partition coefficient (Wildman–Crippen LogP) is 2.28. The van der Waals surface area contributed by atoms with Crippen molar-refractivity contribution in [3.8, 4) is 5.75 Å². The van der Waals surface area contributed by atoms with Crippen molar-refractivity contribution in [1.82, 2.24) is 5.32 Å². The fraction of sp³-hybridized carbons (Fsp3) is 0.385. The first-order valence-electron chi connectivity index (χ1n) is 5.84. The third kappa shape index (κ3) is 5.34. The molecule has 0 aliphatic heterocycles. The lowest BCUT2D eigenvalue weighted by molar-refractivity contribution is -0.138. The number of hydrogen-bond donors (Lipinski definition) is 2. The van der Waals surface area contributed by atoms with Crippen molar-refractivity contribution in [2.45, 2.75) is 19.8 Å². The van der Waals surface area contributed by atoms with Crippen LogP contribution in [0.3, 0.4) is 0 Å². The first-order valence-corrected chi connectivity index (χ1v) is 5.84. The molecule has 0 saturated heterocycles. The van der Waals surface area contributed by atoms with Crippen LogP contribution in [-0.2, 0) is 4.79 Å². The molecular formula is C13H17NO4. The molecule has 0 aliphatic rings. The molecule has 0 spiro atoms. The highest BCUT2D eigenvalue weighted by molar-refractivity contribution is 5.70. The van der Waals surface area contributed by atoms with E-state index in [2.05, 4.69) is 5.32 Å². The predicted molar refractivity (Wildman–Crippen MR) is 66.5 cm³/mol. The summed E-state index contributed by atoms with van der Waals surface area (Å²) in [6, 6.07) is 8.71. The monoisotopic (exact) mass is 251 g/mol. The van der Waals surface area contributed by atoms with E-state index in [4.69, 9.17) is 9.84 Å². The zero-order valence-corrected chi connectivity index (χ0v) is 10.3. The largest absolute Gasteiger partial charge is 0.481 e. The molecule has 5 nitrogen and oxygen atoms in total. The van der Waals surface area contributed by atoms with Gasteiger partial charge in [-0.1, -0.05) is 31.5 Å². The van der Waals surface area contributed by atoms with Gasteiger partial charge in [0, 0.05) is 13.0 Å². The van der Waals surface area contributed by atoms with Crippen LogP contribution in [0.5, 0.6) is 5.75 Å². The van der Waals surface area contributed by atoms with E-state index in [1.54, 1.807) is 24.3 Å². The average Bonchev–Trinajstić information content (AvgIpc) is 2.35. The van der Waals surface area contributed by atoms with E-state index in [9.17, 15) is 9.59 Å². The Balaban J connectivity index is 2.34. The number of benzene rings is 1. The summed E-state index contributed by atoms with van der Waals surface area (Å²) < 4.78 is 5.02. The summed E-state index contributed by atoms with van der Waals surface area (Å²) in [6.07, 6.45) is 0.171. The van der Waals surface area contributed by atoms with Crippen LogP contribution >= 0.6 is 0 Å². The molecule has 18 heavy (non-hydrogen) atoms. The molecule has 1 aromatic rings. The van der Waals surface area contributed by atoms with E-state index in [0.717, 1.165) is 0 Å². The fourth-order valence-electron chi connectivity index (χ4n) is 1.47. The molecule has 0 heterocycles. The molecule has 0 fully saturated rings. The van der Waals surface area contributed by atoms with Crippen molar-refractivity contribution >= 4 is 12.1 Å². The van der Waals surface area contributed by atoms with Gasteiger partial charge in [-0.25, -0.2) is 4.79 Å². The van der Waals surface area contributed by atoms with Crippen LogP contribution in [-0.4, -0.2) is 23.7 Å². The Morgan fingerprint density at radius 3 is 2.56 bits per heavy atom. The van der Waals surface area contributed by atoms with E-state index in [1.165, 1.54) is 0 Å². The SMILES string of the molecule is CCC(CNC(=O)Oc1ccccc1)CC(=O)O.